The summed E-state index contributed by atoms with van der Waals surface area (Å²) < 4.78 is 18.0. The van der Waals surface area contributed by atoms with Gasteiger partial charge in [0.2, 0.25) is 11.1 Å². The van der Waals surface area contributed by atoms with Crippen molar-refractivity contribution < 1.29 is 8.39 Å². The molecule has 1 atom stereocenters. The van der Waals surface area contributed by atoms with Crippen molar-refractivity contribution in [2.75, 3.05) is 5.32 Å². The molecule has 1 aliphatic heterocycles. The zero-order valence-corrected chi connectivity index (χ0v) is 14.7. The van der Waals surface area contributed by atoms with Gasteiger partial charge in [-0.3, -0.25) is 0 Å². The van der Waals surface area contributed by atoms with E-state index in [1.165, 1.54) is 5.57 Å². The fourth-order valence-corrected chi connectivity index (χ4v) is 3.53. The Kier molecular flexibility index (Phi) is 4.02. The molecule has 2 aromatic rings. The standard InChI is InChI=1S/C19H21NO2S/c1-13-5-8-16(9-6-13)23(21)22-15-7-10-18-17(11-15)14(2)12-19(3,4)20-18/h5-12,20H,1-4H3. The van der Waals surface area contributed by atoms with E-state index in [1.54, 1.807) is 0 Å². The van der Waals surface area contributed by atoms with Crippen LogP contribution in [0.3, 0.4) is 0 Å². The molecule has 0 bridgehead atoms. The van der Waals surface area contributed by atoms with Crippen LogP contribution in [0.4, 0.5) is 5.69 Å². The summed E-state index contributed by atoms with van der Waals surface area (Å²) in [5.41, 5.74) is 4.42. The molecule has 0 amide bonds. The van der Waals surface area contributed by atoms with Gasteiger partial charge < -0.3 is 9.50 Å². The summed E-state index contributed by atoms with van der Waals surface area (Å²) in [5.74, 6) is 0.608. The molecular weight excluding hydrogens is 306 g/mol. The van der Waals surface area contributed by atoms with Gasteiger partial charge in [-0.05, 0) is 63.6 Å². The van der Waals surface area contributed by atoms with Gasteiger partial charge in [-0.2, -0.15) is 0 Å². The van der Waals surface area contributed by atoms with Crippen LogP contribution in [0.25, 0.3) is 5.57 Å². The van der Waals surface area contributed by atoms with Crippen molar-refractivity contribution in [3.63, 3.8) is 0 Å². The van der Waals surface area contributed by atoms with Crippen molar-refractivity contribution in [2.45, 2.75) is 38.1 Å². The summed E-state index contributed by atoms with van der Waals surface area (Å²) in [6.07, 6.45) is 2.19. The average Bonchev–Trinajstić information content (AvgIpc) is 2.47. The van der Waals surface area contributed by atoms with Crippen molar-refractivity contribution in [3.8, 4) is 5.75 Å². The molecule has 3 nitrogen and oxygen atoms in total. The molecule has 1 N–H and O–H groups in total. The van der Waals surface area contributed by atoms with Crippen LogP contribution in [-0.4, -0.2) is 9.75 Å². The number of allylic oxidation sites excluding steroid dienone is 1. The highest BCUT2D eigenvalue weighted by Gasteiger charge is 2.22. The van der Waals surface area contributed by atoms with Crippen LogP contribution < -0.4 is 9.50 Å². The predicted octanol–water partition coefficient (Wildman–Crippen LogP) is 4.70. The zero-order valence-electron chi connectivity index (χ0n) is 13.8. The molecule has 0 spiro atoms. The lowest BCUT2D eigenvalue weighted by atomic mass is 9.91. The van der Waals surface area contributed by atoms with E-state index in [9.17, 15) is 4.21 Å². The molecule has 23 heavy (non-hydrogen) atoms. The Labute approximate surface area is 140 Å². The Hall–Kier alpha value is -2.07. The van der Waals surface area contributed by atoms with Gasteiger partial charge in [0.25, 0.3) is 0 Å². The Morgan fingerprint density at radius 2 is 1.74 bits per heavy atom. The molecule has 1 aliphatic rings. The highest BCUT2D eigenvalue weighted by atomic mass is 32.2. The number of rotatable bonds is 3. The molecule has 0 aliphatic carbocycles. The predicted molar refractivity (Wildman–Crippen MR) is 96.0 cm³/mol. The van der Waals surface area contributed by atoms with Crippen molar-refractivity contribution in [2.24, 2.45) is 0 Å². The van der Waals surface area contributed by atoms with Gasteiger partial charge in [0.15, 0.2) is 0 Å². The molecule has 2 aromatic carbocycles. The highest BCUT2D eigenvalue weighted by Crippen LogP contribution is 2.36. The minimum absolute atomic E-state index is 0.0653. The first-order chi connectivity index (χ1) is 10.8. The lowest BCUT2D eigenvalue weighted by Gasteiger charge is -2.31. The minimum Gasteiger partial charge on any atom is -0.397 e. The number of benzene rings is 2. The summed E-state index contributed by atoms with van der Waals surface area (Å²) >= 11 is -1.51. The monoisotopic (exact) mass is 327 g/mol. The first kappa shape index (κ1) is 15.8. The smallest absolute Gasteiger partial charge is 0.240 e. The second-order valence-electron chi connectivity index (χ2n) is 6.51. The maximum atomic E-state index is 12.3. The van der Waals surface area contributed by atoms with Gasteiger partial charge in [0.05, 0.1) is 10.4 Å². The number of fused-ring (bicyclic) bond motifs is 1. The molecular formula is C19H21NO2S. The van der Waals surface area contributed by atoms with E-state index in [2.05, 4.69) is 32.2 Å². The normalized spacial score (nSPS) is 16.8. The SMILES string of the molecule is CC1=CC(C)(C)Nc2ccc(OS(=O)c3ccc(C)cc3)cc21. The molecule has 0 saturated heterocycles. The summed E-state index contributed by atoms with van der Waals surface area (Å²) in [6.45, 7) is 8.36. The van der Waals surface area contributed by atoms with Gasteiger partial charge in [0, 0.05) is 11.3 Å². The summed E-state index contributed by atoms with van der Waals surface area (Å²) in [4.78, 5) is 0.667. The molecule has 0 aromatic heterocycles. The topological polar surface area (TPSA) is 38.3 Å². The zero-order chi connectivity index (χ0) is 16.6. The first-order valence-corrected chi connectivity index (χ1v) is 8.70. The molecule has 4 heteroatoms. The van der Waals surface area contributed by atoms with Gasteiger partial charge >= 0.3 is 0 Å². The van der Waals surface area contributed by atoms with Gasteiger partial charge in [-0.1, -0.05) is 23.8 Å². The van der Waals surface area contributed by atoms with E-state index in [0.717, 1.165) is 16.8 Å². The van der Waals surface area contributed by atoms with Crippen LogP contribution in [0.2, 0.25) is 0 Å². The van der Waals surface area contributed by atoms with Gasteiger partial charge in [0.1, 0.15) is 5.75 Å². The fraction of sp³-hybridized carbons (Fsp3) is 0.263. The van der Waals surface area contributed by atoms with Crippen LogP contribution in [0.1, 0.15) is 31.9 Å². The van der Waals surface area contributed by atoms with Gasteiger partial charge in [-0.15, -0.1) is 0 Å². The second-order valence-corrected chi connectivity index (χ2v) is 7.62. The summed E-state index contributed by atoms with van der Waals surface area (Å²) in [7, 11) is 0. The second kappa shape index (κ2) is 5.85. The fourth-order valence-electron chi connectivity index (χ4n) is 2.80. The van der Waals surface area contributed by atoms with Crippen LogP contribution in [0, 0.1) is 6.92 Å². The van der Waals surface area contributed by atoms with E-state index in [0.29, 0.717) is 10.6 Å². The van der Waals surface area contributed by atoms with Crippen molar-refractivity contribution >= 4 is 22.3 Å². The summed E-state index contributed by atoms with van der Waals surface area (Å²) in [5, 5.41) is 3.48. The van der Waals surface area contributed by atoms with Crippen LogP contribution in [0.15, 0.2) is 53.4 Å². The van der Waals surface area contributed by atoms with Crippen LogP contribution in [-0.2, 0) is 11.1 Å². The third-order valence-corrected chi connectivity index (χ3v) is 4.84. The number of hydrogen-bond donors (Lipinski definition) is 1. The first-order valence-electron chi connectivity index (χ1n) is 7.63. The molecule has 3 rings (SSSR count). The maximum absolute atomic E-state index is 12.3. The Morgan fingerprint density at radius 1 is 1.04 bits per heavy atom. The number of anilines is 1. The molecule has 1 unspecified atom stereocenters. The molecule has 0 saturated carbocycles. The largest absolute Gasteiger partial charge is 0.397 e. The average molecular weight is 327 g/mol. The van der Waals surface area contributed by atoms with E-state index in [-0.39, 0.29) is 5.54 Å². The Bertz CT molecular complexity index is 792. The number of nitrogens with one attached hydrogen (secondary N) is 1. The van der Waals surface area contributed by atoms with Crippen molar-refractivity contribution in [3.05, 3.63) is 59.7 Å². The molecule has 120 valence electrons. The maximum Gasteiger partial charge on any atom is 0.240 e. The molecule has 0 radical (unpaired) electrons. The number of hydrogen-bond acceptors (Lipinski definition) is 3. The van der Waals surface area contributed by atoms with Crippen LogP contribution >= 0.6 is 0 Å². The summed E-state index contributed by atoms with van der Waals surface area (Å²) in [6, 6.07) is 13.3. The highest BCUT2D eigenvalue weighted by molar-refractivity contribution is 7.80. The lowest BCUT2D eigenvalue weighted by Crippen LogP contribution is -2.31. The van der Waals surface area contributed by atoms with E-state index < -0.39 is 11.1 Å². The minimum atomic E-state index is -1.51. The Morgan fingerprint density at radius 3 is 2.43 bits per heavy atom. The van der Waals surface area contributed by atoms with Crippen molar-refractivity contribution in [1.29, 1.82) is 0 Å². The van der Waals surface area contributed by atoms with Gasteiger partial charge in [-0.25, -0.2) is 4.21 Å². The van der Waals surface area contributed by atoms with E-state index in [4.69, 9.17) is 4.18 Å². The third-order valence-electron chi connectivity index (χ3n) is 3.84. The molecule has 1 heterocycles. The lowest BCUT2D eigenvalue weighted by molar-refractivity contribution is 0.561. The number of aryl methyl sites for hydroxylation is 1. The van der Waals surface area contributed by atoms with E-state index >= 15 is 0 Å². The van der Waals surface area contributed by atoms with Crippen molar-refractivity contribution in [1.82, 2.24) is 0 Å². The Balaban J connectivity index is 1.84. The quantitative estimate of drug-likeness (QED) is 0.887. The third kappa shape index (κ3) is 3.48. The van der Waals surface area contributed by atoms with E-state index in [1.807, 2.05) is 49.4 Å². The molecule has 0 fully saturated rings. The van der Waals surface area contributed by atoms with Crippen LogP contribution in [0.5, 0.6) is 5.75 Å².